The molecule has 19 heavy (non-hydrogen) atoms. The average Bonchev–Trinajstić information content (AvgIpc) is 2.83. The molecular formula is C15H21N3O. The molecule has 4 heteroatoms. The van der Waals surface area contributed by atoms with E-state index in [4.69, 9.17) is 4.42 Å². The molecule has 2 rings (SSSR count). The summed E-state index contributed by atoms with van der Waals surface area (Å²) in [7, 11) is 0. The first kappa shape index (κ1) is 13.6. The Hall–Kier alpha value is -1.84. The van der Waals surface area contributed by atoms with Gasteiger partial charge in [0.2, 0.25) is 0 Å². The third kappa shape index (κ3) is 3.56. The summed E-state index contributed by atoms with van der Waals surface area (Å²) in [5.74, 6) is 3.15. The molecule has 4 nitrogen and oxygen atoms in total. The Bertz CT molecular complexity index is 534. The van der Waals surface area contributed by atoms with Crippen molar-refractivity contribution >= 4 is 5.82 Å². The first-order valence-corrected chi connectivity index (χ1v) is 6.91. The van der Waals surface area contributed by atoms with Gasteiger partial charge in [0.05, 0.1) is 0 Å². The number of furan rings is 1. The summed E-state index contributed by atoms with van der Waals surface area (Å²) < 4.78 is 5.61. The topological polar surface area (TPSA) is 51.0 Å². The Labute approximate surface area is 114 Å². The van der Waals surface area contributed by atoms with E-state index in [2.05, 4.69) is 29.1 Å². The van der Waals surface area contributed by atoms with Crippen molar-refractivity contribution in [2.45, 2.75) is 40.0 Å². The van der Waals surface area contributed by atoms with E-state index >= 15 is 0 Å². The summed E-state index contributed by atoms with van der Waals surface area (Å²) in [6.07, 6.45) is 3.10. The number of aryl methyl sites for hydroxylation is 2. The van der Waals surface area contributed by atoms with Crippen LogP contribution in [-0.4, -0.2) is 16.5 Å². The molecule has 0 aliphatic rings. The third-order valence-electron chi connectivity index (χ3n) is 2.80. The molecule has 102 valence electrons. The quantitative estimate of drug-likeness (QED) is 0.856. The first-order chi connectivity index (χ1) is 9.22. The minimum Gasteiger partial charge on any atom is -0.458 e. The lowest BCUT2D eigenvalue weighted by Gasteiger charge is -2.08. The third-order valence-corrected chi connectivity index (χ3v) is 2.80. The Morgan fingerprint density at radius 2 is 2.00 bits per heavy atom. The van der Waals surface area contributed by atoms with Gasteiger partial charge in [-0.1, -0.05) is 20.3 Å². The zero-order valence-corrected chi connectivity index (χ0v) is 11.9. The average molecular weight is 259 g/mol. The van der Waals surface area contributed by atoms with Crippen LogP contribution < -0.4 is 5.32 Å². The van der Waals surface area contributed by atoms with Gasteiger partial charge in [0, 0.05) is 18.3 Å². The van der Waals surface area contributed by atoms with Gasteiger partial charge < -0.3 is 9.73 Å². The maximum atomic E-state index is 5.61. The fourth-order valence-corrected chi connectivity index (χ4v) is 1.89. The Balaban J connectivity index is 2.33. The standard InChI is InChI=1S/C15H21N3O/c1-4-6-12-10-14(16-9-5-2)18-15(17-12)13-8-7-11(3)19-13/h7-8,10H,4-6,9H2,1-3H3,(H,16,17,18). The van der Waals surface area contributed by atoms with Gasteiger partial charge in [0.25, 0.3) is 0 Å². The van der Waals surface area contributed by atoms with Gasteiger partial charge >= 0.3 is 0 Å². The molecule has 0 bridgehead atoms. The fourth-order valence-electron chi connectivity index (χ4n) is 1.89. The summed E-state index contributed by atoms with van der Waals surface area (Å²) in [6, 6.07) is 5.88. The van der Waals surface area contributed by atoms with E-state index in [1.54, 1.807) is 0 Å². The fraction of sp³-hybridized carbons (Fsp3) is 0.467. The molecule has 0 saturated heterocycles. The molecule has 0 radical (unpaired) electrons. The summed E-state index contributed by atoms with van der Waals surface area (Å²) in [5.41, 5.74) is 1.06. The number of nitrogens with zero attached hydrogens (tertiary/aromatic N) is 2. The Morgan fingerprint density at radius 3 is 2.63 bits per heavy atom. The molecule has 0 fully saturated rings. The lowest BCUT2D eigenvalue weighted by Crippen LogP contribution is -2.05. The first-order valence-electron chi connectivity index (χ1n) is 6.91. The second-order valence-electron chi connectivity index (χ2n) is 4.66. The van der Waals surface area contributed by atoms with Gasteiger partial charge in [-0.25, -0.2) is 9.97 Å². The molecule has 0 amide bonds. The van der Waals surface area contributed by atoms with Crippen LogP contribution in [-0.2, 0) is 6.42 Å². The molecule has 0 spiro atoms. The molecule has 1 N–H and O–H groups in total. The lowest BCUT2D eigenvalue weighted by atomic mass is 10.2. The predicted molar refractivity (Wildman–Crippen MR) is 77.2 cm³/mol. The van der Waals surface area contributed by atoms with E-state index in [1.165, 1.54) is 0 Å². The van der Waals surface area contributed by atoms with E-state index in [1.807, 2.05) is 25.1 Å². The van der Waals surface area contributed by atoms with Crippen molar-refractivity contribution in [2.24, 2.45) is 0 Å². The molecular weight excluding hydrogens is 238 g/mol. The van der Waals surface area contributed by atoms with Crippen LogP contribution in [0, 0.1) is 6.92 Å². The predicted octanol–water partition coefficient (Wildman–Crippen LogP) is 3.82. The van der Waals surface area contributed by atoms with Crippen LogP contribution in [0.4, 0.5) is 5.82 Å². The van der Waals surface area contributed by atoms with Gasteiger partial charge in [0.1, 0.15) is 11.6 Å². The van der Waals surface area contributed by atoms with Gasteiger partial charge in [-0.3, -0.25) is 0 Å². The maximum absolute atomic E-state index is 5.61. The van der Waals surface area contributed by atoms with Gasteiger partial charge in [-0.15, -0.1) is 0 Å². The lowest BCUT2D eigenvalue weighted by molar-refractivity contribution is 0.543. The van der Waals surface area contributed by atoms with Crippen molar-refractivity contribution in [1.29, 1.82) is 0 Å². The molecule has 0 aromatic carbocycles. The van der Waals surface area contributed by atoms with Crippen LogP contribution in [0.3, 0.4) is 0 Å². The summed E-state index contributed by atoms with van der Waals surface area (Å²) in [4.78, 5) is 9.09. The zero-order chi connectivity index (χ0) is 13.7. The van der Waals surface area contributed by atoms with E-state index in [-0.39, 0.29) is 0 Å². The van der Waals surface area contributed by atoms with E-state index in [0.717, 1.165) is 48.8 Å². The second kappa shape index (κ2) is 6.36. The molecule has 2 heterocycles. The second-order valence-corrected chi connectivity index (χ2v) is 4.66. The number of hydrogen-bond donors (Lipinski definition) is 1. The highest BCUT2D eigenvalue weighted by Gasteiger charge is 2.09. The van der Waals surface area contributed by atoms with E-state index < -0.39 is 0 Å². The molecule has 2 aromatic rings. The van der Waals surface area contributed by atoms with Crippen molar-refractivity contribution in [1.82, 2.24) is 9.97 Å². The van der Waals surface area contributed by atoms with Crippen LogP contribution >= 0.6 is 0 Å². The highest BCUT2D eigenvalue weighted by molar-refractivity contribution is 5.51. The van der Waals surface area contributed by atoms with Crippen molar-refractivity contribution in [3.8, 4) is 11.6 Å². The number of rotatable bonds is 6. The molecule has 0 atom stereocenters. The van der Waals surface area contributed by atoms with Crippen LogP contribution in [0.15, 0.2) is 22.6 Å². The molecule has 0 aliphatic carbocycles. The van der Waals surface area contributed by atoms with E-state index in [9.17, 15) is 0 Å². The number of anilines is 1. The minimum atomic E-state index is 0.664. The number of nitrogens with one attached hydrogen (secondary N) is 1. The Kier molecular flexibility index (Phi) is 4.55. The molecule has 0 unspecified atom stereocenters. The highest BCUT2D eigenvalue weighted by atomic mass is 16.3. The molecule has 2 aromatic heterocycles. The molecule has 0 saturated carbocycles. The molecule has 0 aliphatic heterocycles. The van der Waals surface area contributed by atoms with Gasteiger partial charge in [-0.05, 0) is 31.9 Å². The van der Waals surface area contributed by atoms with Crippen molar-refractivity contribution in [2.75, 3.05) is 11.9 Å². The van der Waals surface area contributed by atoms with Crippen molar-refractivity contribution in [3.05, 3.63) is 29.7 Å². The smallest absolute Gasteiger partial charge is 0.197 e. The van der Waals surface area contributed by atoms with Crippen LogP contribution in [0.1, 0.15) is 38.1 Å². The van der Waals surface area contributed by atoms with E-state index in [0.29, 0.717) is 5.82 Å². The summed E-state index contributed by atoms with van der Waals surface area (Å²) >= 11 is 0. The maximum Gasteiger partial charge on any atom is 0.197 e. The number of aromatic nitrogens is 2. The van der Waals surface area contributed by atoms with Crippen molar-refractivity contribution < 1.29 is 4.42 Å². The number of hydrogen-bond acceptors (Lipinski definition) is 4. The Morgan fingerprint density at radius 1 is 1.16 bits per heavy atom. The SMILES string of the molecule is CCCNc1cc(CCC)nc(-c2ccc(C)o2)n1. The summed E-state index contributed by atoms with van der Waals surface area (Å²) in [5, 5.41) is 3.32. The largest absolute Gasteiger partial charge is 0.458 e. The van der Waals surface area contributed by atoms with Crippen LogP contribution in [0.25, 0.3) is 11.6 Å². The normalized spacial score (nSPS) is 10.7. The van der Waals surface area contributed by atoms with Gasteiger partial charge in [-0.2, -0.15) is 0 Å². The minimum absolute atomic E-state index is 0.664. The summed E-state index contributed by atoms with van der Waals surface area (Å²) in [6.45, 7) is 7.13. The monoisotopic (exact) mass is 259 g/mol. The highest BCUT2D eigenvalue weighted by Crippen LogP contribution is 2.21. The zero-order valence-electron chi connectivity index (χ0n) is 11.9. The van der Waals surface area contributed by atoms with Crippen LogP contribution in [0.2, 0.25) is 0 Å². The van der Waals surface area contributed by atoms with Gasteiger partial charge in [0.15, 0.2) is 11.6 Å². The van der Waals surface area contributed by atoms with Crippen molar-refractivity contribution in [3.63, 3.8) is 0 Å². The van der Waals surface area contributed by atoms with Crippen LogP contribution in [0.5, 0.6) is 0 Å².